The van der Waals surface area contributed by atoms with Crippen LogP contribution in [0.3, 0.4) is 0 Å². The van der Waals surface area contributed by atoms with Gasteiger partial charge < -0.3 is 9.45 Å². The van der Waals surface area contributed by atoms with E-state index in [-0.39, 0.29) is 29.9 Å². The van der Waals surface area contributed by atoms with Gasteiger partial charge in [-0.25, -0.2) is 8.42 Å². The molecule has 2 amide bonds. The highest BCUT2D eigenvalue weighted by Gasteiger charge is 2.39. The lowest BCUT2D eigenvalue weighted by Gasteiger charge is -2.35. The first-order chi connectivity index (χ1) is 16.4. The number of anilines is 1. The topological polar surface area (TPSA) is 101 Å². The minimum Gasteiger partial charge on any atom is -0.748 e. The standard InChI is InChI=1S/C25H31N3O5S2.CH4/c1-5-26-22(29)18(23(30)27(6-2)24(26)34)12-7-10-15-21-25(3,4)19-13-8-9-14-20(19)28(21)16-11-17-35(31,32)33;/h7-10,12-15H,5-6,11,16-17H2,1-4H3,(H,31,32,33);1H4/p-1. The number of fused-ring (bicyclic) bond motifs is 1. The largest absolute Gasteiger partial charge is 0.748 e. The van der Waals surface area contributed by atoms with E-state index in [9.17, 15) is 22.6 Å². The molecule has 0 N–H and O–H groups in total. The van der Waals surface area contributed by atoms with Crippen molar-refractivity contribution < 1.29 is 22.6 Å². The molecule has 0 bridgehead atoms. The van der Waals surface area contributed by atoms with Crippen LogP contribution >= 0.6 is 12.2 Å². The van der Waals surface area contributed by atoms with Crippen LogP contribution in [0.15, 0.2) is 59.8 Å². The maximum atomic E-state index is 12.8. The number of rotatable bonds is 8. The predicted molar refractivity (Wildman–Crippen MR) is 145 cm³/mol. The van der Waals surface area contributed by atoms with Gasteiger partial charge in [0, 0.05) is 42.2 Å². The number of allylic oxidation sites excluding steroid dienone is 5. The van der Waals surface area contributed by atoms with Gasteiger partial charge in [0.05, 0.1) is 10.1 Å². The highest BCUT2D eigenvalue weighted by molar-refractivity contribution is 7.85. The lowest BCUT2D eigenvalue weighted by Crippen LogP contribution is -2.55. The molecule has 10 heteroatoms. The Hall–Kier alpha value is -2.82. The van der Waals surface area contributed by atoms with Crippen LogP contribution in [0.5, 0.6) is 0 Å². The molecule has 36 heavy (non-hydrogen) atoms. The van der Waals surface area contributed by atoms with Crippen LogP contribution in [0.2, 0.25) is 0 Å². The number of benzene rings is 1. The van der Waals surface area contributed by atoms with E-state index in [0.29, 0.717) is 19.6 Å². The average Bonchev–Trinajstić information content (AvgIpc) is 2.99. The Balaban J connectivity index is 0.00000456. The second-order valence-electron chi connectivity index (χ2n) is 8.81. The summed E-state index contributed by atoms with van der Waals surface area (Å²) in [6, 6.07) is 7.86. The third-order valence-electron chi connectivity index (χ3n) is 6.25. The van der Waals surface area contributed by atoms with Gasteiger partial charge >= 0.3 is 0 Å². The molecular formula is C26H34N3O5S2-. The molecule has 0 radical (unpaired) electrons. The Morgan fingerprint density at radius 2 is 1.53 bits per heavy atom. The molecule has 196 valence electrons. The van der Waals surface area contributed by atoms with Crippen molar-refractivity contribution in [3.8, 4) is 0 Å². The van der Waals surface area contributed by atoms with Gasteiger partial charge in [-0.1, -0.05) is 51.6 Å². The molecule has 2 aliphatic heterocycles. The maximum absolute atomic E-state index is 12.8. The lowest BCUT2D eigenvalue weighted by atomic mass is 9.84. The molecule has 0 spiro atoms. The number of likely N-dealkylation sites (N-methyl/N-ethyl adjacent to an activating group) is 2. The second-order valence-corrected chi connectivity index (χ2v) is 10.7. The van der Waals surface area contributed by atoms with Gasteiger partial charge in [0.15, 0.2) is 5.11 Å². The van der Waals surface area contributed by atoms with Gasteiger partial charge in [0.2, 0.25) is 0 Å². The van der Waals surface area contributed by atoms with Crippen molar-refractivity contribution in [3.63, 3.8) is 0 Å². The average molecular weight is 533 g/mol. The van der Waals surface area contributed by atoms with E-state index in [1.807, 2.05) is 35.2 Å². The summed E-state index contributed by atoms with van der Waals surface area (Å²) in [4.78, 5) is 30.4. The van der Waals surface area contributed by atoms with Crippen molar-refractivity contribution >= 4 is 45.0 Å². The summed E-state index contributed by atoms with van der Waals surface area (Å²) >= 11 is 5.28. The smallest absolute Gasteiger partial charge is 0.265 e. The molecule has 3 rings (SSSR count). The number of nitrogens with zero attached hydrogens (tertiary/aromatic N) is 3. The summed E-state index contributed by atoms with van der Waals surface area (Å²) in [5.74, 6) is -1.27. The van der Waals surface area contributed by atoms with Crippen LogP contribution < -0.4 is 4.90 Å². The number of carbonyl (C=O) groups excluding carboxylic acids is 2. The molecule has 1 fully saturated rings. The fourth-order valence-electron chi connectivity index (χ4n) is 4.48. The summed E-state index contributed by atoms with van der Waals surface area (Å²) in [7, 11) is -4.30. The van der Waals surface area contributed by atoms with E-state index < -0.39 is 27.7 Å². The molecule has 0 unspecified atom stereocenters. The van der Waals surface area contributed by atoms with E-state index in [0.717, 1.165) is 16.9 Å². The summed E-state index contributed by atoms with van der Waals surface area (Å²) < 4.78 is 33.3. The molecule has 1 aromatic rings. The second kappa shape index (κ2) is 11.5. The van der Waals surface area contributed by atoms with Crippen molar-refractivity contribution in [1.29, 1.82) is 0 Å². The molecule has 1 aromatic carbocycles. The van der Waals surface area contributed by atoms with Crippen LogP contribution in [0.25, 0.3) is 0 Å². The van der Waals surface area contributed by atoms with Gasteiger partial charge in [-0.05, 0) is 56.3 Å². The molecule has 0 aliphatic carbocycles. The zero-order valence-corrected chi connectivity index (χ0v) is 22.0. The van der Waals surface area contributed by atoms with E-state index in [1.165, 1.54) is 15.9 Å². The third-order valence-corrected chi connectivity index (χ3v) is 7.48. The van der Waals surface area contributed by atoms with Crippen LogP contribution in [0.1, 0.15) is 47.1 Å². The monoisotopic (exact) mass is 532 g/mol. The van der Waals surface area contributed by atoms with Crippen LogP contribution in [-0.4, -0.2) is 65.1 Å². The summed E-state index contributed by atoms with van der Waals surface area (Å²) in [6.07, 6.45) is 6.99. The Morgan fingerprint density at radius 3 is 2.08 bits per heavy atom. The number of carbonyl (C=O) groups is 2. The number of hydrogen-bond acceptors (Lipinski definition) is 7. The minimum atomic E-state index is -4.30. The Bertz CT molecular complexity index is 1200. The molecule has 8 nitrogen and oxygen atoms in total. The molecule has 2 heterocycles. The summed E-state index contributed by atoms with van der Waals surface area (Å²) in [5, 5.41) is 0.217. The third kappa shape index (κ3) is 5.77. The van der Waals surface area contributed by atoms with Crippen LogP contribution in [0.4, 0.5) is 5.69 Å². The highest BCUT2D eigenvalue weighted by atomic mass is 32.2. The Kier molecular flexibility index (Phi) is 9.39. The first-order valence-corrected chi connectivity index (χ1v) is 13.5. The summed E-state index contributed by atoms with van der Waals surface area (Å²) in [5.41, 5.74) is 2.65. The minimum absolute atomic E-state index is 0. The van der Waals surface area contributed by atoms with E-state index in [4.69, 9.17) is 12.2 Å². The molecule has 1 saturated heterocycles. The van der Waals surface area contributed by atoms with Crippen molar-refractivity contribution in [2.24, 2.45) is 0 Å². The zero-order chi connectivity index (χ0) is 26.0. The van der Waals surface area contributed by atoms with Crippen molar-refractivity contribution in [2.45, 2.75) is 47.0 Å². The number of para-hydroxylation sites is 1. The zero-order valence-electron chi connectivity index (χ0n) is 20.4. The molecule has 0 atom stereocenters. The number of amides is 2. The van der Waals surface area contributed by atoms with Gasteiger partial charge in [0.25, 0.3) is 11.8 Å². The fraction of sp³-hybridized carbons (Fsp3) is 0.423. The van der Waals surface area contributed by atoms with E-state index in [2.05, 4.69) is 13.8 Å². The molecule has 2 aliphatic rings. The molecule has 0 saturated carbocycles. The Labute approximate surface area is 219 Å². The fourth-order valence-corrected chi connectivity index (χ4v) is 5.39. The molecular weight excluding hydrogens is 498 g/mol. The first kappa shape index (κ1) is 29.4. The number of thiocarbonyl (C=S) groups is 1. The lowest BCUT2D eigenvalue weighted by molar-refractivity contribution is -0.133. The Morgan fingerprint density at radius 1 is 0.972 bits per heavy atom. The number of hydrogen-bond donors (Lipinski definition) is 0. The van der Waals surface area contributed by atoms with Gasteiger partial charge in [-0.3, -0.25) is 19.4 Å². The SMILES string of the molecule is C.CCN1C(=O)C(=CC=CC=C2N(CCCS(=O)(=O)[O-])c3ccccc3C2(C)C)C(=O)N(CC)C1=S. The molecule has 0 aromatic heterocycles. The van der Waals surface area contributed by atoms with Crippen molar-refractivity contribution in [1.82, 2.24) is 9.80 Å². The summed E-state index contributed by atoms with van der Waals surface area (Å²) in [6.45, 7) is 8.86. The quantitative estimate of drug-likeness (QED) is 0.218. The van der Waals surface area contributed by atoms with Crippen molar-refractivity contribution in [3.05, 3.63) is 65.4 Å². The van der Waals surface area contributed by atoms with Gasteiger partial charge in [-0.2, -0.15) is 0 Å². The van der Waals surface area contributed by atoms with Crippen molar-refractivity contribution in [2.75, 3.05) is 30.3 Å². The van der Waals surface area contributed by atoms with Gasteiger partial charge in [-0.15, -0.1) is 0 Å². The van der Waals surface area contributed by atoms with Crippen LogP contribution in [-0.2, 0) is 25.1 Å². The first-order valence-electron chi connectivity index (χ1n) is 11.5. The van der Waals surface area contributed by atoms with Gasteiger partial charge in [0.1, 0.15) is 5.57 Å². The van der Waals surface area contributed by atoms with E-state index >= 15 is 0 Å². The van der Waals surface area contributed by atoms with E-state index in [1.54, 1.807) is 26.0 Å². The maximum Gasteiger partial charge on any atom is 0.265 e. The normalized spacial score (nSPS) is 18.8. The highest BCUT2D eigenvalue weighted by Crippen LogP contribution is 2.47. The van der Waals surface area contributed by atoms with Crippen LogP contribution in [0, 0.1) is 0 Å². The predicted octanol–water partition coefficient (Wildman–Crippen LogP) is 3.72.